The van der Waals surface area contributed by atoms with Gasteiger partial charge in [-0.3, -0.25) is 0 Å². The summed E-state index contributed by atoms with van der Waals surface area (Å²) in [5.41, 5.74) is -1.02. The molecule has 1 aromatic carbocycles. The number of nitriles is 1. The van der Waals surface area contributed by atoms with E-state index >= 15 is 0 Å². The van der Waals surface area contributed by atoms with Gasteiger partial charge in [-0.1, -0.05) is 25.1 Å². The van der Waals surface area contributed by atoms with Gasteiger partial charge in [0, 0.05) is 24.4 Å². The fourth-order valence-electron chi connectivity index (χ4n) is 4.03. The maximum absolute atomic E-state index is 11.5. The van der Waals surface area contributed by atoms with E-state index in [0.29, 0.717) is 19.4 Å². The fraction of sp³-hybridized carbons (Fsp3) is 0.588. The third-order valence-electron chi connectivity index (χ3n) is 5.25. The zero-order chi connectivity index (χ0) is 14.9. The standard InChI is InChI=1S/C17H22N2O2/c1-2-13-11-19-9-7-17(13,20)16(12-18)8-10-21-15-6-4-3-5-14(15)16/h3-6,13,19-20H,2,7-11H2,1H3. The lowest BCUT2D eigenvalue weighted by Gasteiger charge is -2.51. The molecule has 21 heavy (non-hydrogen) atoms. The van der Waals surface area contributed by atoms with Crippen molar-refractivity contribution >= 4 is 0 Å². The highest BCUT2D eigenvalue weighted by Gasteiger charge is 2.58. The maximum Gasteiger partial charge on any atom is 0.124 e. The van der Waals surface area contributed by atoms with E-state index in [2.05, 4.69) is 18.3 Å². The average molecular weight is 286 g/mol. The summed E-state index contributed by atoms with van der Waals surface area (Å²) >= 11 is 0. The predicted octanol–water partition coefficient (Wildman–Crippen LogP) is 1.98. The van der Waals surface area contributed by atoms with Crippen LogP contribution < -0.4 is 10.1 Å². The minimum atomic E-state index is -0.998. The van der Waals surface area contributed by atoms with Crippen molar-refractivity contribution in [3.05, 3.63) is 29.8 Å². The van der Waals surface area contributed by atoms with Crippen molar-refractivity contribution in [1.82, 2.24) is 5.32 Å². The summed E-state index contributed by atoms with van der Waals surface area (Å²) in [6.07, 6.45) is 2.01. The van der Waals surface area contributed by atoms with Crippen LogP contribution in [-0.2, 0) is 5.41 Å². The molecule has 0 radical (unpaired) electrons. The molecule has 2 aliphatic rings. The minimum absolute atomic E-state index is 0.0806. The molecule has 0 aromatic heterocycles. The number of piperidine rings is 1. The number of rotatable bonds is 2. The third-order valence-corrected chi connectivity index (χ3v) is 5.25. The van der Waals surface area contributed by atoms with Gasteiger partial charge in [-0.15, -0.1) is 0 Å². The molecular formula is C17H22N2O2. The number of aliphatic hydroxyl groups is 1. The van der Waals surface area contributed by atoms with Gasteiger partial charge >= 0.3 is 0 Å². The van der Waals surface area contributed by atoms with Crippen LogP contribution in [0, 0.1) is 17.2 Å². The first-order valence-corrected chi connectivity index (χ1v) is 7.74. The molecule has 3 atom stereocenters. The van der Waals surface area contributed by atoms with E-state index in [1.807, 2.05) is 24.3 Å². The van der Waals surface area contributed by atoms with Gasteiger partial charge in [-0.05, 0) is 25.5 Å². The minimum Gasteiger partial charge on any atom is -0.493 e. The Morgan fingerprint density at radius 3 is 3.00 bits per heavy atom. The molecule has 112 valence electrons. The van der Waals surface area contributed by atoms with E-state index in [4.69, 9.17) is 4.74 Å². The van der Waals surface area contributed by atoms with Crippen LogP contribution >= 0.6 is 0 Å². The van der Waals surface area contributed by atoms with Crippen molar-refractivity contribution in [3.8, 4) is 11.8 Å². The zero-order valence-electron chi connectivity index (χ0n) is 12.4. The fourth-order valence-corrected chi connectivity index (χ4v) is 4.03. The summed E-state index contributed by atoms with van der Waals surface area (Å²) in [6.45, 7) is 4.08. The van der Waals surface area contributed by atoms with E-state index in [0.717, 1.165) is 30.8 Å². The van der Waals surface area contributed by atoms with E-state index in [1.165, 1.54) is 0 Å². The van der Waals surface area contributed by atoms with Crippen LogP contribution in [-0.4, -0.2) is 30.4 Å². The number of para-hydroxylation sites is 1. The van der Waals surface area contributed by atoms with Crippen molar-refractivity contribution in [2.45, 2.75) is 37.2 Å². The molecule has 1 saturated heterocycles. The van der Waals surface area contributed by atoms with Gasteiger partial charge in [0.05, 0.1) is 18.3 Å². The molecule has 2 heterocycles. The zero-order valence-corrected chi connectivity index (χ0v) is 12.4. The monoisotopic (exact) mass is 286 g/mol. The first kappa shape index (κ1) is 14.4. The van der Waals surface area contributed by atoms with Crippen LogP contribution in [0.25, 0.3) is 0 Å². The van der Waals surface area contributed by atoms with Crippen LogP contribution in [0.3, 0.4) is 0 Å². The van der Waals surface area contributed by atoms with Crippen LogP contribution in [0.2, 0.25) is 0 Å². The van der Waals surface area contributed by atoms with E-state index in [1.54, 1.807) is 0 Å². The maximum atomic E-state index is 11.5. The summed E-state index contributed by atoms with van der Waals surface area (Å²) in [6, 6.07) is 10.2. The first-order valence-electron chi connectivity index (χ1n) is 7.74. The molecule has 2 aliphatic heterocycles. The Morgan fingerprint density at radius 1 is 1.43 bits per heavy atom. The third kappa shape index (κ3) is 1.96. The number of hydrogen-bond donors (Lipinski definition) is 2. The molecular weight excluding hydrogens is 264 g/mol. The molecule has 1 aromatic rings. The molecule has 1 fully saturated rings. The first-order chi connectivity index (χ1) is 10.2. The summed E-state index contributed by atoms with van der Waals surface area (Å²) in [5.74, 6) is 0.823. The van der Waals surface area contributed by atoms with E-state index < -0.39 is 11.0 Å². The van der Waals surface area contributed by atoms with Crippen molar-refractivity contribution in [1.29, 1.82) is 5.26 Å². The molecule has 0 saturated carbocycles. The molecule has 0 aliphatic carbocycles. The molecule has 4 heteroatoms. The Bertz CT molecular complexity index is 568. The summed E-state index contributed by atoms with van der Waals surface area (Å²) in [7, 11) is 0. The molecule has 0 spiro atoms. The largest absolute Gasteiger partial charge is 0.493 e. The lowest BCUT2D eigenvalue weighted by Crippen LogP contribution is -2.62. The quantitative estimate of drug-likeness (QED) is 0.872. The van der Waals surface area contributed by atoms with Gasteiger partial charge in [0.1, 0.15) is 11.2 Å². The number of nitrogens with zero attached hydrogens (tertiary/aromatic N) is 1. The predicted molar refractivity (Wildman–Crippen MR) is 80.1 cm³/mol. The number of nitrogens with one attached hydrogen (secondary N) is 1. The normalized spacial score (nSPS) is 35.4. The molecule has 0 bridgehead atoms. The second-order valence-corrected chi connectivity index (χ2v) is 6.10. The Labute approximate surface area is 125 Å². The van der Waals surface area contributed by atoms with Crippen molar-refractivity contribution < 1.29 is 9.84 Å². The van der Waals surface area contributed by atoms with Gasteiger partial charge in [-0.2, -0.15) is 5.26 Å². The number of benzene rings is 1. The summed E-state index contributed by atoms with van der Waals surface area (Å²) in [5, 5.41) is 24.9. The average Bonchev–Trinajstić information content (AvgIpc) is 2.54. The Balaban J connectivity index is 2.15. The summed E-state index contributed by atoms with van der Waals surface area (Å²) in [4.78, 5) is 0. The number of ether oxygens (including phenoxy) is 1. The second kappa shape index (κ2) is 5.32. The lowest BCUT2D eigenvalue weighted by atomic mass is 9.57. The summed E-state index contributed by atoms with van der Waals surface area (Å²) < 4.78 is 5.71. The van der Waals surface area contributed by atoms with E-state index in [9.17, 15) is 10.4 Å². The van der Waals surface area contributed by atoms with Crippen LogP contribution in [0.1, 0.15) is 31.7 Å². The molecule has 0 amide bonds. The van der Waals surface area contributed by atoms with E-state index in [-0.39, 0.29) is 5.92 Å². The van der Waals surface area contributed by atoms with Gasteiger partial charge in [-0.25, -0.2) is 0 Å². The molecule has 4 nitrogen and oxygen atoms in total. The Morgan fingerprint density at radius 2 is 2.24 bits per heavy atom. The topological polar surface area (TPSA) is 65.3 Å². The highest BCUT2D eigenvalue weighted by atomic mass is 16.5. The Hall–Kier alpha value is -1.57. The highest BCUT2D eigenvalue weighted by Crippen LogP contribution is 2.51. The van der Waals surface area contributed by atoms with Gasteiger partial charge < -0.3 is 15.2 Å². The van der Waals surface area contributed by atoms with Crippen molar-refractivity contribution in [2.75, 3.05) is 19.7 Å². The SMILES string of the molecule is CCC1CNCCC1(O)C1(C#N)CCOc2ccccc21. The lowest BCUT2D eigenvalue weighted by molar-refractivity contribution is -0.0977. The highest BCUT2D eigenvalue weighted by molar-refractivity contribution is 5.48. The smallest absolute Gasteiger partial charge is 0.124 e. The molecule has 3 rings (SSSR count). The molecule has 3 unspecified atom stereocenters. The van der Waals surface area contributed by atoms with Crippen LogP contribution in [0.15, 0.2) is 24.3 Å². The van der Waals surface area contributed by atoms with Crippen molar-refractivity contribution in [3.63, 3.8) is 0 Å². The van der Waals surface area contributed by atoms with Gasteiger partial charge in [0.2, 0.25) is 0 Å². The van der Waals surface area contributed by atoms with Crippen molar-refractivity contribution in [2.24, 2.45) is 5.92 Å². The Kier molecular flexibility index (Phi) is 3.64. The second-order valence-electron chi connectivity index (χ2n) is 6.10. The van der Waals surface area contributed by atoms with Gasteiger partial charge in [0.15, 0.2) is 0 Å². The molecule has 2 N–H and O–H groups in total. The number of hydrogen-bond acceptors (Lipinski definition) is 4. The van der Waals surface area contributed by atoms with Gasteiger partial charge in [0.25, 0.3) is 0 Å². The van der Waals surface area contributed by atoms with Crippen LogP contribution in [0.5, 0.6) is 5.75 Å². The van der Waals surface area contributed by atoms with Crippen LogP contribution in [0.4, 0.5) is 0 Å². The number of fused-ring (bicyclic) bond motifs is 1.